The highest BCUT2D eigenvalue weighted by Crippen LogP contribution is 2.01. The molecule has 1 aromatic rings. The SMILES string of the molecule is NC(CCCCNC(=O)c1ccco1)C(=O)O. The van der Waals surface area contributed by atoms with E-state index < -0.39 is 12.0 Å². The summed E-state index contributed by atoms with van der Waals surface area (Å²) in [5.74, 6) is -0.991. The first kappa shape index (κ1) is 13.2. The number of carbonyl (C=O) groups excluding carboxylic acids is 1. The molecule has 1 unspecified atom stereocenters. The van der Waals surface area contributed by atoms with Crippen LogP contribution in [0.15, 0.2) is 22.8 Å². The third kappa shape index (κ3) is 4.69. The number of unbranched alkanes of at least 4 members (excludes halogenated alkanes) is 1. The Labute approximate surface area is 98.8 Å². The van der Waals surface area contributed by atoms with Gasteiger partial charge in [0, 0.05) is 6.54 Å². The summed E-state index contributed by atoms with van der Waals surface area (Å²) in [5, 5.41) is 11.2. The van der Waals surface area contributed by atoms with Gasteiger partial charge < -0.3 is 20.6 Å². The molecule has 17 heavy (non-hydrogen) atoms. The summed E-state index contributed by atoms with van der Waals surface area (Å²) in [6.45, 7) is 0.478. The quantitative estimate of drug-likeness (QED) is 0.605. The van der Waals surface area contributed by atoms with Crippen LogP contribution in [0.2, 0.25) is 0 Å². The molecule has 1 atom stereocenters. The zero-order chi connectivity index (χ0) is 12.7. The summed E-state index contributed by atoms with van der Waals surface area (Å²) >= 11 is 0. The second kappa shape index (κ2) is 6.70. The summed E-state index contributed by atoms with van der Waals surface area (Å²) in [6.07, 6.45) is 3.19. The first-order valence-electron chi connectivity index (χ1n) is 5.41. The van der Waals surface area contributed by atoms with Crippen molar-refractivity contribution < 1.29 is 19.1 Å². The molecule has 1 rings (SSSR count). The molecule has 4 N–H and O–H groups in total. The van der Waals surface area contributed by atoms with E-state index in [1.807, 2.05) is 0 Å². The van der Waals surface area contributed by atoms with Crippen LogP contribution in [0.5, 0.6) is 0 Å². The Bertz CT molecular complexity index is 362. The van der Waals surface area contributed by atoms with E-state index in [1.165, 1.54) is 6.26 Å². The summed E-state index contributed by atoms with van der Waals surface area (Å²) in [7, 11) is 0. The predicted molar refractivity (Wildman–Crippen MR) is 60.5 cm³/mol. The van der Waals surface area contributed by atoms with Gasteiger partial charge in [-0.25, -0.2) is 0 Å². The number of hydrogen-bond donors (Lipinski definition) is 3. The normalized spacial score (nSPS) is 12.1. The van der Waals surface area contributed by atoms with Gasteiger partial charge in [-0.2, -0.15) is 0 Å². The van der Waals surface area contributed by atoms with Crippen molar-refractivity contribution in [3.05, 3.63) is 24.2 Å². The fourth-order valence-electron chi connectivity index (χ4n) is 1.31. The molecule has 0 saturated carbocycles. The van der Waals surface area contributed by atoms with Gasteiger partial charge in [0.25, 0.3) is 5.91 Å². The molecule has 0 fully saturated rings. The molecular weight excluding hydrogens is 224 g/mol. The second-order valence-electron chi connectivity index (χ2n) is 3.67. The van der Waals surface area contributed by atoms with Crippen LogP contribution in [-0.4, -0.2) is 29.6 Å². The number of carboxylic acids is 1. The highest BCUT2D eigenvalue weighted by atomic mass is 16.4. The molecule has 6 nitrogen and oxygen atoms in total. The Morgan fingerprint density at radius 2 is 2.24 bits per heavy atom. The number of amides is 1. The number of nitrogens with one attached hydrogen (secondary N) is 1. The molecule has 0 aromatic carbocycles. The molecule has 1 heterocycles. The van der Waals surface area contributed by atoms with Crippen LogP contribution in [0.4, 0.5) is 0 Å². The van der Waals surface area contributed by atoms with Crippen molar-refractivity contribution in [3.63, 3.8) is 0 Å². The maximum Gasteiger partial charge on any atom is 0.320 e. The van der Waals surface area contributed by atoms with Crippen LogP contribution < -0.4 is 11.1 Å². The minimum Gasteiger partial charge on any atom is -0.480 e. The molecule has 6 heteroatoms. The number of furan rings is 1. The molecule has 0 aliphatic rings. The van der Waals surface area contributed by atoms with Gasteiger partial charge in [-0.3, -0.25) is 9.59 Å². The molecule has 0 saturated heterocycles. The van der Waals surface area contributed by atoms with Crippen LogP contribution in [0.3, 0.4) is 0 Å². The number of nitrogens with two attached hydrogens (primary N) is 1. The molecular formula is C11H16N2O4. The fourth-order valence-corrected chi connectivity index (χ4v) is 1.31. The predicted octanol–water partition coefficient (Wildman–Crippen LogP) is 0.592. The summed E-state index contributed by atoms with van der Waals surface area (Å²) in [4.78, 5) is 21.8. The molecule has 94 valence electrons. The lowest BCUT2D eigenvalue weighted by Gasteiger charge is -2.06. The van der Waals surface area contributed by atoms with Crippen molar-refractivity contribution in [1.29, 1.82) is 0 Å². The van der Waals surface area contributed by atoms with Crippen molar-refractivity contribution >= 4 is 11.9 Å². The zero-order valence-corrected chi connectivity index (χ0v) is 9.39. The molecule has 0 aliphatic carbocycles. The van der Waals surface area contributed by atoms with E-state index >= 15 is 0 Å². The van der Waals surface area contributed by atoms with Crippen LogP contribution in [0, 0.1) is 0 Å². The van der Waals surface area contributed by atoms with Crippen molar-refractivity contribution in [1.82, 2.24) is 5.32 Å². The second-order valence-corrected chi connectivity index (χ2v) is 3.67. The van der Waals surface area contributed by atoms with E-state index in [2.05, 4.69) is 5.32 Å². The molecule has 1 aromatic heterocycles. The van der Waals surface area contributed by atoms with Gasteiger partial charge in [-0.1, -0.05) is 0 Å². The van der Waals surface area contributed by atoms with E-state index in [4.69, 9.17) is 15.3 Å². The number of hydrogen-bond acceptors (Lipinski definition) is 4. The summed E-state index contributed by atoms with van der Waals surface area (Å²) in [5.41, 5.74) is 5.33. The van der Waals surface area contributed by atoms with Crippen LogP contribution >= 0.6 is 0 Å². The van der Waals surface area contributed by atoms with Crippen molar-refractivity contribution in [2.24, 2.45) is 5.73 Å². The lowest BCUT2D eigenvalue weighted by molar-refractivity contribution is -0.138. The molecule has 0 aliphatic heterocycles. The standard InChI is InChI=1S/C11H16N2O4/c12-8(11(15)16)4-1-2-6-13-10(14)9-5-3-7-17-9/h3,5,7-8H,1-2,4,6,12H2,(H,13,14)(H,15,16). The van der Waals surface area contributed by atoms with Crippen molar-refractivity contribution in [2.45, 2.75) is 25.3 Å². The van der Waals surface area contributed by atoms with Crippen LogP contribution in [0.1, 0.15) is 29.8 Å². The maximum absolute atomic E-state index is 11.4. The first-order valence-corrected chi connectivity index (χ1v) is 5.41. The van der Waals surface area contributed by atoms with Crippen molar-refractivity contribution in [2.75, 3.05) is 6.54 Å². The largest absolute Gasteiger partial charge is 0.480 e. The lowest BCUT2D eigenvalue weighted by atomic mass is 10.1. The molecule has 0 radical (unpaired) electrons. The Morgan fingerprint density at radius 1 is 1.47 bits per heavy atom. The number of carboxylic acid groups (broad SMARTS) is 1. The minimum absolute atomic E-state index is 0.266. The number of carbonyl (C=O) groups is 2. The van der Waals surface area contributed by atoms with Crippen LogP contribution in [-0.2, 0) is 4.79 Å². The lowest BCUT2D eigenvalue weighted by Crippen LogP contribution is -2.30. The van der Waals surface area contributed by atoms with Gasteiger partial charge in [0.15, 0.2) is 5.76 Å². The van der Waals surface area contributed by atoms with Gasteiger partial charge in [0.05, 0.1) is 6.26 Å². The van der Waals surface area contributed by atoms with Crippen molar-refractivity contribution in [3.8, 4) is 0 Å². The topological polar surface area (TPSA) is 106 Å². The maximum atomic E-state index is 11.4. The molecule has 0 spiro atoms. The van der Waals surface area contributed by atoms with E-state index in [0.717, 1.165) is 0 Å². The Morgan fingerprint density at radius 3 is 2.82 bits per heavy atom. The Balaban J connectivity index is 2.09. The smallest absolute Gasteiger partial charge is 0.320 e. The third-order valence-electron chi connectivity index (χ3n) is 2.29. The van der Waals surface area contributed by atoms with E-state index in [0.29, 0.717) is 25.8 Å². The highest BCUT2D eigenvalue weighted by Gasteiger charge is 2.10. The van der Waals surface area contributed by atoms with Crippen LogP contribution in [0.25, 0.3) is 0 Å². The first-order chi connectivity index (χ1) is 8.11. The minimum atomic E-state index is -0.996. The van der Waals surface area contributed by atoms with Gasteiger partial charge in [-0.05, 0) is 31.4 Å². The Kier molecular flexibility index (Phi) is 5.22. The number of aliphatic carboxylic acids is 1. The molecule has 1 amide bonds. The van der Waals surface area contributed by atoms with Gasteiger partial charge in [0.1, 0.15) is 6.04 Å². The third-order valence-corrected chi connectivity index (χ3v) is 2.29. The van der Waals surface area contributed by atoms with E-state index in [1.54, 1.807) is 12.1 Å². The average molecular weight is 240 g/mol. The van der Waals surface area contributed by atoms with E-state index in [-0.39, 0.29) is 11.7 Å². The molecule has 0 bridgehead atoms. The Hall–Kier alpha value is -1.82. The average Bonchev–Trinajstić information content (AvgIpc) is 2.81. The fraction of sp³-hybridized carbons (Fsp3) is 0.455. The van der Waals surface area contributed by atoms with Gasteiger partial charge in [-0.15, -0.1) is 0 Å². The summed E-state index contributed by atoms with van der Waals surface area (Å²) < 4.78 is 4.91. The highest BCUT2D eigenvalue weighted by molar-refractivity contribution is 5.91. The number of rotatable bonds is 7. The van der Waals surface area contributed by atoms with Gasteiger partial charge in [0.2, 0.25) is 0 Å². The monoisotopic (exact) mass is 240 g/mol. The zero-order valence-electron chi connectivity index (χ0n) is 9.39. The van der Waals surface area contributed by atoms with Gasteiger partial charge >= 0.3 is 5.97 Å². The van der Waals surface area contributed by atoms with E-state index in [9.17, 15) is 9.59 Å². The summed E-state index contributed by atoms with van der Waals surface area (Å²) in [6, 6.07) is 2.40.